The molecule has 0 bridgehead atoms. The van der Waals surface area contributed by atoms with Crippen molar-refractivity contribution in [2.45, 2.75) is 161 Å². The van der Waals surface area contributed by atoms with Gasteiger partial charge in [-0.25, -0.2) is 0 Å². The minimum Gasteiger partial charge on any atom is -0.100 e. The highest BCUT2D eigenvalue weighted by Crippen LogP contribution is 2.47. The number of allylic oxidation sites excluding steroid dienone is 4. The topological polar surface area (TPSA) is 97.5 Å². The van der Waals surface area contributed by atoms with E-state index >= 15 is 0 Å². The van der Waals surface area contributed by atoms with Crippen LogP contribution in [0.1, 0.15) is 137 Å². The van der Waals surface area contributed by atoms with Gasteiger partial charge in [-0.1, -0.05) is 142 Å². The molecule has 7 heteroatoms. The smallest absolute Gasteiger partial charge is 0.0737 e. The van der Waals surface area contributed by atoms with Crippen molar-refractivity contribution in [2.75, 3.05) is 6.54 Å². The molecule has 0 aromatic carbocycles. The number of unbranched alkanes of at least 4 members (excludes halogenated alkanes) is 15. The first kappa shape index (κ1) is 38.8. The van der Waals surface area contributed by atoms with Crippen molar-refractivity contribution in [3.05, 3.63) is 69.1 Å². The summed E-state index contributed by atoms with van der Waals surface area (Å²) < 4.78 is 0. The highest BCUT2D eigenvalue weighted by molar-refractivity contribution is 6.83. The molecule has 0 saturated carbocycles. The summed E-state index contributed by atoms with van der Waals surface area (Å²) >= 11 is 0. The Morgan fingerprint density at radius 3 is 1.66 bits per heavy atom. The average molecular weight is 583 g/mol. The average Bonchev–Trinajstić information content (AvgIpc) is 2.90. The molecule has 0 heterocycles. The Kier molecular flexibility index (Phi) is 24.1. The molecule has 232 valence electrons. The molecule has 0 fully saturated rings. The van der Waals surface area contributed by atoms with Crippen LogP contribution in [0.2, 0.25) is 23.7 Å². The fourth-order valence-corrected chi connectivity index (χ4v) is 12.8. The molecule has 0 aliphatic heterocycles. The van der Waals surface area contributed by atoms with Gasteiger partial charge in [0.05, 0.1) is 8.07 Å². The Bertz CT molecular complexity index is 864. The Morgan fingerprint density at radius 1 is 0.707 bits per heavy atom. The van der Waals surface area contributed by atoms with Gasteiger partial charge in [0.25, 0.3) is 0 Å². The van der Waals surface area contributed by atoms with Gasteiger partial charge in [-0.3, -0.25) is 0 Å². The largest absolute Gasteiger partial charge is 0.100 e. The highest BCUT2D eigenvalue weighted by atomic mass is 28.3. The van der Waals surface area contributed by atoms with Crippen LogP contribution in [0.4, 0.5) is 0 Å². The molecule has 1 unspecified atom stereocenters. The summed E-state index contributed by atoms with van der Waals surface area (Å²) in [5.41, 5.74) is 22.5. The molecule has 0 saturated heterocycles. The van der Waals surface area contributed by atoms with Crippen LogP contribution in [0.25, 0.3) is 20.9 Å². The Hall–Kier alpha value is -2.20. The van der Waals surface area contributed by atoms with Crippen molar-refractivity contribution >= 4 is 8.07 Å². The fourth-order valence-electron chi connectivity index (χ4n) is 6.44. The fraction of sp³-hybridized carbons (Fsp3) is 0.765. The second-order valence-corrected chi connectivity index (χ2v) is 17.0. The second-order valence-electron chi connectivity index (χ2n) is 12.5. The van der Waals surface area contributed by atoms with Crippen LogP contribution in [0, 0.1) is 0 Å². The van der Waals surface area contributed by atoms with Crippen molar-refractivity contribution in [3.8, 4) is 0 Å². The Morgan fingerprint density at radius 2 is 1.20 bits per heavy atom. The maximum Gasteiger partial charge on any atom is 0.0737 e. The molecule has 0 radical (unpaired) electrons. The quantitative estimate of drug-likeness (QED) is 0.0219. The molecular formula is C34H62N6Si. The highest BCUT2D eigenvalue weighted by Gasteiger charge is 2.42. The normalized spacial score (nSPS) is 12.3. The van der Waals surface area contributed by atoms with E-state index in [1.807, 2.05) is 0 Å². The van der Waals surface area contributed by atoms with E-state index in [9.17, 15) is 5.53 Å². The summed E-state index contributed by atoms with van der Waals surface area (Å²) in [4.78, 5) is 6.12. The minimum absolute atomic E-state index is 0.127. The number of hydrogen-bond acceptors (Lipinski definition) is 2. The summed E-state index contributed by atoms with van der Waals surface area (Å²) in [5, 5.41) is 7.94. The molecule has 0 N–H and O–H groups in total. The number of nitrogens with zero attached hydrogens (tertiary/aromatic N) is 6. The lowest BCUT2D eigenvalue weighted by molar-refractivity contribution is 0.565. The predicted molar refractivity (Wildman–Crippen MR) is 184 cm³/mol. The van der Waals surface area contributed by atoms with Crippen LogP contribution >= 0.6 is 0 Å². The first-order valence-electron chi connectivity index (χ1n) is 16.4. The second kappa shape index (κ2) is 25.5. The van der Waals surface area contributed by atoms with E-state index in [1.54, 1.807) is 0 Å². The molecule has 0 aromatic rings. The van der Waals surface area contributed by atoms with Crippen molar-refractivity contribution in [1.29, 1.82) is 0 Å². The van der Waals surface area contributed by atoms with E-state index in [2.05, 4.69) is 73.6 Å². The van der Waals surface area contributed by atoms with Crippen LogP contribution in [0.15, 0.2) is 58.5 Å². The van der Waals surface area contributed by atoms with Gasteiger partial charge >= 0.3 is 0 Å². The van der Waals surface area contributed by atoms with E-state index in [4.69, 9.17) is 5.53 Å². The maximum absolute atomic E-state index is 9.56. The molecular weight excluding hydrogens is 521 g/mol. The standard InChI is InChI=1S/C34H62N6Si/c1-8-9-10-11-12-16-19-22-25-33(38-40-36)34(32(6)7)41(28-30(2)3,29-31(4)5)27-24-21-18-15-13-14-17-20-23-26-37-39-35/h25,34H,2,4,6,8-24,26-29H2,1,3,5,7H3. The van der Waals surface area contributed by atoms with Gasteiger partial charge in [0, 0.05) is 27.6 Å². The predicted octanol–water partition coefficient (Wildman–Crippen LogP) is 13.7. The van der Waals surface area contributed by atoms with Gasteiger partial charge in [0.1, 0.15) is 0 Å². The first-order chi connectivity index (χ1) is 19.7. The zero-order valence-corrected chi connectivity index (χ0v) is 28.3. The van der Waals surface area contributed by atoms with Gasteiger partial charge < -0.3 is 0 Å². The lowest BCUT2D eigenvalue weighted by Crippen LogP contribution is -2.41. The lowest BCUT2D eigenvalue weighted by Gasteiger charge is -2.41. The van der Waals surface area contributed by atoms with Gasteiger partial charge in [-0.15, -0.1) is 13.2 Å². The van der Waals surface area contributed by atoms with Crippen LogP contribution < -0.4 is 0 Å². The summed E-state index contributed by atoms with van der Waals surface area (Å²) in [5.74, 6) is 0. The van der Waals surface area contributed by atoms with E-state index in [0.29, 0.717) is 6.54 Å². The van der Waals surface area contributed by atoms with E-state index < -0.39 is 8.07 Å². The monoisotopic (exact) mass is 582 g/mol. The van der Waals surface area contributed by atoms with Crippen molar-refractivity contribution < 1.29 is 0 Å². The SMILES string of the molecule is C=C(C)C[Si](CCCCCCCCCCCN=[N+]=[N-])(CC(=C)C)C(C(=C)C)C(=CCCCCCCCCC)N=[N+]=[N-]. The third-order valence-corrected chi connectivity index (χ3v) is 14.0. The third kappa shape index (κ3) is 19.5. The zero-order chi connectivity index (χ0) is 30.8. The van der Waals surface area contributed by atoms with Crippen molar-refractivity contribution in [2.24, 2.45) is 10.2 Å². The summed E-state index contributed by atoms with van der Waals surface area (Å²) in [6.07, 6.45) is 23.0. The van der Waals surface area contributed by atoms with Gasteiger partial charge in [0.2, 0.25) is 0 Å². The third-order valence-electron chi connectivity index (χ3n) is 8.03. The summed E-state index contributed by atoms with van der Waals surface area (Å²) in [6, 6.07) is 3.21. The molecule has 0 spiro atoms. The zero-order valence-electron chi connectivity index (χ0n) is 27.3. The Balaban J connectivity index is 5.39. The number of hydrogen-bond donors (Lipinski definition) is 0. The minimum atomic E-state index is -2.07. The molecule has 6 nitrogen and oxygen atoms in total. The van der Waals surface area contributed by atoms with E-state index in [1.165, 1.54) is 101 Å². The van der Waals surface area contributed by atoms with Crippen molar-refractivity contribution in [1.82, 2.24) is 0 Å². The molecule has 0 aromatic heterocycles. The first-order valence-corrected chi connectivity index (χ1v) is 19.1. The van der Waals surface area contributed by atoms with Crippen LogP contribution in [-0.4, -0.2) is 14.6 Å². The molecule has 0 aliphatic carbocycles. The lowest BCUT2D eigenvalue weighted by atomic mass is 10.1. The Labute approximate surface area is 254 Å². The van der Waals surface area contributed by atoms with Gasteiger partial charge in [0.15, 0.2) is 0 Å². The molecule has 41 heavy (non-hydrogen) atoms. The molecule has 0 amide bonds. The van der Waals surface area contributed by atoms with E-state index in [-0.39, 0.29) is 5.54 Å². The number of rotatable bonds is 28. The van der Waals surface area contributed by atoms with Crippen LogP contribution in [0.5, 0.6) is 0 Å². The molecule has 0 rings (SSSR count). The van der Waals surface area contributed by atoms with Gasteiger partial charge in [-0.05, 0) is 63.2 Å². The van der Waals surface area contributed by atoms with Gasteiger partial charge in [-0.2, -0.15) is 0 Å². The summed E-state index contributed by atoms with van der Waals surface area (Å²) in [7, 11) is -2.07. The van der Waals surface area contributed by atoms with Crippen LogP contribution in [-0.2, 0) is 0 Å². The van der Waals surface area contributed by atoms with Crippen molar-refractivity contribution in [3.63, 3.8) is 0 Å². The number of azide groups is 2. The molecule has 0 aliphatic rings. The summed E-state index contributed by atoms with van der Waals surface area (Å²) in [6.45, 7) is 22.5. The van der Waals surface area contributed by atoms with E-state index in [0.717, 1.165) is 49.0 Å². The van der Waals surface area contributed by atoms with Crippen LogP contribution in [0.3, 0.4) is 0 Å². The molecule has 1 atom stereocenters. The maximum atomic E-state index is 9.56.